The van der Waals surface area contributed by atoms with Gasteiger partial charge >= 0.3 is 11.9 Å². The van der Waals surface area contributed by atoms with Gasteiger partial charge in [0, 0.05) is 0 Å². The maximum atomic E-state index is 10.2. The molecule has 0 radical (unpaired) electrons. The standard InChI is InChI=1S/C7H10O3.C6H10O3/c1-2-3-4-6(5-8)7(9)10;1-2-3-5(4-7)6(8)9/h2,4,8H,1,3,5H2,(H,9,10);3,7H,2,4H2,1H3,(H,8,9). The molecule has 0 aliphatic heterocycles. The van der Waals surface area contributed by atoms with Gasteiger partial charge in [-0.3, -0.25) is 0 Å². The molecule has 0 bridgehead atoms. The molecule has 0 spiro atoms. The summed E-state index contributed by atoms with van der Waals surface area (Å²) < 4.78 is 0. The molecule has 0 aromatic carbocycles. The number of hydrogen-bond acceptors (Lipinski definition) is 4. The van der Waals surface area contributed by atoms with Crippen molar-refractivity contribution in [1.82, 2.24) is 0 Å². The third kappa shape index (κ3) is 10.9. The van der Waals surface area contributed by atoms with Crippen molar-refractivity contribution in [3.8, 4) is 0 Å². The van der Waals surface area contributed by atoms with Crippen molar-refractivity contribution in [1.29, 1.82) is 0 Å². The molecule has 0 unspecified atom stereocenters. The van der Waals surface area contributed by atoms with E-state index in [1.807, 2.05) is 6.92 Å². The summed E-state index contributed by atoms with van der Waals surface area (Å²) in [6.07, 6.45) is 5.60. The van der Waals surface area contributed by atoms with Crippen molar-refractivity contribution >= 4 is 11.9 Å². The number of aliphatic carboxylic acids is 2. The summed E-state index contributed by atoms with van der Waals surface area (Å²) in [5, 5.41) is 33.4. The second-order valence-corrected chi connectivity index (χ2v) is 3.32. The highest BCUT2D eigenvalue weighted by atomic mass is 16.4. The third-order valence-electron chi connectivity index (χ3n) is 1.87. The molecule has 108 valence electrons. The number of carbonyl (C=O) groups is 2. The van der Waals surface area contributed by atoms with Gasteiger partial charge in [0.25, 0.3) is 0 Å². The lowest BCUT2D eigenvalue weighted by molar-refractivity contribution is -0.134. The zero-order chi connectivity index (χ0) is 15.3. The zero-order valence-corrected chi connectivity index (χ0v) is 10.9. The quantitative estimate of drug-likeness (QED) is 0.405. The van der Waals surface area contributed by atoms with Crippen LogP contribution in [0.3, 0.4) is 0 Å². The number of aliphatic hydroxyl groups is 2. The molecule has 4 N–H and O–H groups in total. The average molecular weight is 272 g/mol. The first-order chi connectivity index (χ1) is 8.94. The number of hydrogen-bond donors (Lipinski definition) is 4. The summed E-state index contributed by atoms with van der Waals surface area (Å²) in [5.74, 6) is -2.12. The minimum atomic E-state index is -1.08. The summed E-state index contributed by atoms with van der Waals surface area (Å²) in [7, 11) is 0. The van der Waals surface area contributed by atoms with Gasteiger partial charge in [-0.2, -0.15) is 0 Å². The summed E-state index contributed by atoms with van der Waals surface area (Å²) in [4.78, 5) is 20.3. The molecule has 0 saturated heterocycles. The number of carboxylic acid groups (broad SMARTS) is 2. The summed E-state index contributed by atoms with van der Waals surface area (Å²) in [6.45, 7) is 4.41. The highest BCUT2D eigenvalue weighted by Gasteiger charge is 2.02. The topological polar surface area (TPSA) is 115 Å². The Hall–Kier alpha value is -1.92. The molecule has 0 heterocycles. The molecule has 0 aliphatic rings. The van der Waals surface area contributed by atoms with Crippen LogP contribution in [0.15, 0.2) is 36.0 Å². The van der Waals surface area contributed by atoms with Crippen LogP contribution in [-0.4, -0.2) is 45.6 Å². The van der Waals surface area contributed by atoms with Gasteiger partial charge in [0.2, 0.25) is 0 Å². The van der Waals surface area contributed by atoms with Crippen LogP contribution < -0.4 is 0 Å². The Kier molecular flexibility index (Phi) is 12.8. The molecule has 19 heavy (non-hydrogen) atoms. The molecular weight excluding hydrogens is 252 g/mol. The van der Waals surface area contributed by atoms with Crippen LogP contribution in [0.1, 0.15) is 19.8 Å². The summed E-state index contributed by atoms with van der Waals surface area (Å²) in [6, 6.07) is 0. The van der Waals surface area contributed by atoms with E-state index in [0.717, 1.165) is 0 Å². The fourth-order valence-electron chi connectivity index (χ4n) is 0.911. The van der Waals surface area contributed by atoms with Crippen LogP contribution in [0.4, 0.5) is 0 Å². The van der Waals surface area contributed by atoms with Crippen molar-refractivity contribution < 1.29 is 30.0 Å². The highest BCUT2D eigenvalue weighted by Crippen LogP contribution is 1.95. The van der Waals surface area contributed by atoms with Crippen LogP contribution in [0, 0.1) is 0 Å². The second kappa shape index (κ2) is 12.5. The van der Waals surface area contributed by atoms with Gasteiger partial charge in [-0.05, 0) is 12.8 Å². The summed E-state index contributed by atoms with van der Waals surface area (Å²) >= 11 is 0. The van der Waals surface area contributed by atoms with E-state index >= 15 is 0 Å². The molecule has 0 rings (SSSR count). The molecule has 0 saturated carbocycles. The van der Waals surface area contributed by atoms with Gasteiger partial charge in [0.1, 0.15) is 0 Å². The molecule has 0 aromatic rings. The monoisotopic (exact) mass is 272 g/mol. The minimum absolute atomic E-state index is 0.0138. The van der Waals surface area contributed by atoms with Crippen molar-refractivity contribution in [2.75, 3.05) is 13.2 Å². The van der Waals surface area contributed by atoms with E-state index in [1.165, 1.54) is 12.2 Å². The van der Waals surface area contributed by atoms with Crippen LogP contribution in [0.25, 0.3) is 0 Å². The van der Waals surface area contributed by atoms with Gasteiger partial charge in [-0.1, -0.05) is 25.2 Å². The fraction of sp³-hybridized carbons (Fsp3) is 0.385. The van der Waals surface area contributed by atoms with E-state index in [4.69, 9.17) is 20.4 Å². The highest BCUT2D eigenvalue weighted by molar-refractivity contribution is 5.87. The largest absolute Gasteiger partial charge is 0.478 e. The van der Waals surface area contributed by atoms with Crippen LogP contribution in [-0.2, 0) is 9.59 Å². The lowest BCUT2D eigenvalue weighted by atomic mass is 10.2. The van der Waals surface area contributed by atoms with Gasteiger partial charge in [0.15, 0.2) is 0 Å². The molecule has 0 atom stereocenters. The second-order valence-electron chi connectivity index (χ2n) is 3.32. The third-order valence-corrected chi connectivity index (χ3v) is 1.87. The Morgan fingerprint density at radius 3 is 1.63 bits per heavy atom. The van der Waals surface area contributed by atoms with Gasteiger partial charge in [-0.15, -0.1) is 6.58 Å². The maximum absolute atomic E-state index is 10.2. The normalized spacial score (nSPS) is 11.3. The van der Waals surface area contributed by atoms with Gasteiger partial charge < -0.3 is 20.4 Å². The Bertz CT molecular complexity index is 354. The van der Waals surface area contributed by atoms with Crippen molar-refractivity contribution in [3.63, 3.8) is 0 Å². The first-order valence-electron chi connectivity index (χ1n) is 5.61. The first kappa shape index (κ1) is 19.4. The molecule has 6 heteroatoms. The Morgan fingerprint density at radius 1 is 1.00 bits per heavy atom. The number of carboxylic acids is 2. The van der Waals surface area contributed by atoms with Crippen molar-refractivity contribution in [2.24, 2.45) is 0 Å². The van der Waals surface area contributed by atoms with Gasteiger partial charge in [0.05, 0.1) is 24.4 Å². The predicted octanol–water partition coefficient (Wildman–Crippen LogP) is 0.966. The number of allylic oxidation sites excluding steroid dienone is 3. The number of aliphatic hydroxyl groups excluding tert-OH is 2. The van der Waals surface area contributed by atoms with E-state index < -0.39 is 18.5 Å². The van der Waals surface area contributed by atoms with Crippen LogP contribution in [0.2, 0.25) is 0 Å². The number of rotatable bonds is 7. The fourth-order valence-corrected chi connectivity index (χ4v) is 0.911. The summed E-state index contributed by atoms with van der Waals surface area (Å²) in [5.41, 5.74) is 0.0809. The molecule has 0 aromatic heterocycles. The molecule has 6 nitrogen and oxygen atoms in total. The van der Waals surface area contributed by atoms with E-state index in [0.29, 0.717) is 12.8 Å². The van der Waals surface area contributed by atoms with Gasteiger partial charge in [-0.25, -0.2) is 9.59 Å². The Morgan fingerprint density at radius 2 is 1.42 bits per heavy atom. The average Bonchev–Trinajstić information content (AvgIpc) is 2.36. The molecule has 0 aliphatic carbocycles. The SMILES string of the molecule is C=CCC=C(CO)C(=O)O.CCC=C(CO)C(=O)O. The van der Waals surface area contributed by atoms with Crippen molar-refractivity contribution in [2.45, 2.75) is 19.8 Å². The smallest absolute Gasteiger partial charge is 0.333 e. The maximum Gasteiger partial charge on any atom is 0.333 e. The lowest BCUT2D eigenvalue weighted by Gasteiger charge is -1.93. The van der Waals surface area contributed by atoms with Crippen LogP contribution >= 0.6 is 0 Å². The zero-order valence-electron chi connectivity index (χ0n) is 10.9. The van der Waals surface area contributed by atoms with E-state index in [9.17, 15) is 9.59 Å². The minimum Gasteiger partial charge on any atom is -0.478 e. The molecule has 0 fully saturated rings. The Balaban J connectivity index is 0. The lowest BCUT2D eigenvalue weighted by Crippen LogP contribution is -2.04. The van der Waals surface area contributed by atoms with E-state index in [2.05, 4.69) is 6.58 Å². The predicted molar refractivity (Wildman–Crippen MR) is 70.7 cm³/mol. The van der Waals surface area contributed by atoms with Crippen molar-refractivity contribution in [3.05, 3.63) is 36.0 Å². The van der Waals surface area contributed by atoms with E-state index in [-0.39, 0.29) is 17.8 Å². The molecular formula is C13H20O6. The molecule has 0 amide bonds. The first-order valence-corrected chi connectivity index (χ1v) is 5.61. The Labute approximate surface area is 112 Å². The van der Waals surface area contributed by atoms with Crippen LogP contribution in [0.5, 0.6) is 0 Å². The van der Waals surface area contributed by atoms with E-state index in [1.54, 1.807) is 6.08 Å².